The number of hydrogen-bond acceptors (Lipinski definition) is 3. The van der Waals surface area contributed by atoms with Gasteiger partial charge in [0, 0.05) is 11.4 Å². The van der Waals surface area contributed by atoms with Crippen molar-refractivity contribution in [2.45, 2.75) is 13.5 Å². The molecule has 24 heavy (non-hydrogen) atoms. The Bertz CT molecular complexity index is 1000. The molecule has 0 unspecified atom stereocenters. The maximum atomic E-state index is 5.36. The standard InChI is InChI=1S/C20H18N2OS/c1-14-10-11-19(24-14)20-21-17-8-3-4-9-18(17)22(20)13-15-6-5-7-16(12-15)23-2/h3-12H,13H2,1-2H3. The van der Waals surface area contributed by atoms with E-state index >= 15 is 0 Å². The van der Waals surface area contributed by atoms with E-state index in [0.29, 0.717) is 0 Å². The van der Waals surface area contributed by atoms with Crippen molar-refractivity contribution in [3.63, 3.8) is 0 Å². The molecule has 0 saturated carbocycles. The number of hydrogen-bond donors (Lipinski definition) is 0. The number of aryl methyl sites for hydroxylation is 1. The Morgan fingerprint density at radius 3 is 2.71 bits per heavy atom. The topological polar surface area (TPSA) is 27.1 Å². The van der Waals surface area contributed by atoms with Crippen LogP contribution in [0.3, 0.4) is 0 Å². The molecule has 2 aromatic carbocycles. The van der Waals surface area contributed by atoms with Gasteiger partial charge in [-0.3, -0.25) is 0 Å². The molecule has 3 nitrogen and oxygen atoms in total. The van der Waals surface area contributed by atoms with Gasteiger partial charge in [0.1, 0.15) is 5.75 Å². The number of rotatable bonds is 4. The van der Waals surface area contributed by atoms with E-state index in [1.165, 1.54) is 15.3 Å². The van der Waals surface area contributed by atoms with Crippen LogP contribution >= 0.6 is 11.3 Å². The first-order valence-electron chi connectivity index (χ1n) is 7.89. The fraction of sp³-hybridized carbons (Fsp3) is 0.150. The number of imidazole rings is 1. The molecule has 0 bridgehead atoms. The molecule has 0 atom stereocenters. The predicted octanol–water partition coefficient (Wildman–Crippen LogP) is 5.13. The molecule has 0 amide bonds. The fourth-order valence-corrected chi connectivity index (χ4v) is 3.80. The van der Waals surface area contributed by atoms with Crippen LogP contribution in [0.25, 0.3) is 21.7 Å². The summed E-state index contributed by atoms with van der Waals surface area (Å²) in [6, 6.07) is 20.8. The summed E-state index contributed by atoms with van der Waals surface area (Å²) in [5.74, 6) is 1.91. The van der Waals surface area contributed by atoms with E-state index in [4.69, 9.17) is 9.72 Å². The molecule has 0 radical (unpaired) electrons. The van der Waals surface area contributed by atoms with E-state index in [0.717, 1.165) is 29.2 Å². The molecule has 0 N–H and O–H groups in total. The summed E-state index contributed by atoms with van der Waals surface area (Å²) in [5, 5.41) is 0. The molecule has 0 saturated heterocycles. The minimum atomic E-state index is 0.768. The lowest BCUT2D eigenvalue weighted by Crippen LogP contribution is -2.01. The zero-order valence-electron chi connectivity index (χ0n) is 13.7. The van der Waals surface area contributed by atoms with Crippen LogP contribution in [0.15, 0.2) is 60.7 Å². The lowest BCUT2D eigenvalue weighted by molar-refractivity contribution is 0.414. The molecule has 2 aromatic heterocycles. The second kappa shape index (κ2) is 6.13. The third kappa shape index (κ3) is 2.69. The Balaban J connectivity index is 1.86. The highest BCUT2D eigenvalue weighted by molar-refractivity contribution is 7.15. The largest absolute Gasteiger partial charge is 0.497 e. The number of ether oxygens (including phenoxy) is 1. The second-order valence-electron chi connectivity index (χ2n) is 5.77. The Kier molecular flexibility index (Phi) is 3.82. The highest BCUT2D eigenvalue weighted by Crippen LogP contribution is 2.31. The number of para-hydroxylation sites is 2. The van der Waals surface area contributed by atoms with Gasteiger partial charge in [0.05, 0.1) is 23.0 Å². The molecule has 0 aliphatic rings. The first-order chi connectivity index (χ1) is 11.7. The van der Waals surface area contributed by atoms with E-state index < -0.39 is 0 Å². The molecule has 0 aliphatic heterocycles. The fourth-order valence-electron chi connectivity index (χ4n) is 2.93. The first-order valence-corrected chi connectivity index (χ1v) is 8.71. The van der Waals surface area contributed by atoms with E-state index in [1.807, 2.05) is 18.2 Å². The van der Waals surface area contributed by atoms with Gasteiger partial charge in [-0.2, -0.15) is 0 Å². The first kappa shape index (κ1) is 15.0. The van der Waals surface area contributed by atoms with Crippen LogP contribution in [0.1, 0.15) is 10.4 Å². The molecule has 4 heteroatoms. The van der Waals surface area contributed by atoms with Crippen molar-refractivity contribution in [2.24, 2.45) is 0 Å². The van der Waals surface area contributed by atoms with Gasteiger partial charge >= 0.3 is 0 Å². The molecule has 4 aromatic rings. The lowest BCUT2D eigenvalue weighted by atomic mass is 10.2. The normalized spacial score (nSPS) is 11.1. The quantitative estimate of drug-likeness (QED) is 0.517. The van der Waals surface area contributed by atoms with E-state index in [-0.39, 0.29) is 0 Å². The van der Waals surface area contributed by atoms with Crippen molar-refractivity contribution >= 4 is 22.4 Å². The van der Waals surface area contributed by atoms with Gasteiger partial charge in [-0.1, -0.05) is 24.3 Å². The Morgan fingerprint density at radius 2 is 1.92 bits per heavy atom. The summed E-state index contributed by atoms with van der Waals surface area (Å²) < 4.78 is 7.64. The highest BCUT2D eigenvalue weighted by atomic mass is 32.1. The zero-order chi connectivity index (χ0) is 16.5. The number of fused-ring (bicyclic) bond motifs is 1. The number of methoxy groups -OCH3 is 1. The van der Waals surface area contributed by atoms with Crippen LogP contribution < -0.4 is 4.74 Å². The highest BCUT2D eigenvalue weighted by Gasteiger charge is 2.14. The van der Waals surface area contributed by atoms with Crippen LogP contribution in [0, 0.1) is 6.92 Å². The van der Waals surface area contributed by atoms with Crippen molar-refractivity contribution in [1.29, 1.82) is 0 Å². The smallest absolute Gasteiger partial charge is 0.151 e. The van der Waals surface area contributed by atoms with Crippen LogP contribution in [-0.4, -0.2) is 16.7 Å². The molecule has 0 spiro atoms. The van der Waals surface area contributed by atoms with Gasteiger partial charge in [-0.05, 0) is 48.9 Å². The molecule has 0 aliphatic carbocycles. The average Bonchev–Trinajstić information content (AvgIpc) is 3.19. The number of nitrogens with zero attached hydrogens (tertiary/aromatic N) is 2. The number of benzene rings is 2. The van der Waals surface area contributed by atoms with Gasteiger partial charge in [-0.15, -0.1) is 11.3 Å². The van der Waals surface area contributed by atoms with Gasteiger partial charge in [0.25, 0.3) is 0 Å². The van der Waals surface area contributed by atoms with Gasteiger partial charge in [-0.25, -0.2) is 4.98 Å². The van der Waals surface area contributed by atoms with Crippen molar-refractivity contribution in [3.05, 3.63) is 71.1 Å². The SMILES string of the molecule is COc1cccc(Cn2c(-c3ccc(C)s3)nc3ccccc32)c1. The van der Waals surface area contributed by atoms with Crippen LogP contribution in [-0.2, 0) is 6.54 Å². The third-order valence-corrected chi connectivity index (χ3v) is 5.09. The van der Waals surface area contributed by atoms with E-state index in [9.17, 15) is 0 Å². The Labute approximate surface area is 145 Å². The maximum absolute atomic E-state index is 5.36. The summed E-state index contributed by atoms with van der Waals surface area (Å²) in [6.45, 7) is 2.90. The monoisotopic (exact) mass is 334 g/mol. The minimum Gasteiger partial charge on any atom is -0.497 e. The van der Waals surface area contributed by atoms with Crippen LogP contribution in [0.4, 0.5) is 0 Å². The second-order valence-corrected chi connectivity index (χ2v) is 7.06. The van der Waals surface area contributed by atoms with Gasteiger partial charge in [0.15, 0.2) is 5.82 Å². The summed E-state index contributed by atoms with van der Waals surface area (Å²) in [4.78, 5) is 7.37. The zero-order valence-corrected chi connectivity index (χ0v) is 14.5. The average molecular weight is 334 g/mol. The molecule has 120 valence electrons. The van der Waals surface area contributed by atoms with Crippen molar-refractivity contribution in [2.75, 3.05) is 7.11 Å². The Hall–Kier alpha value is -2.59. The molecule has 2 heterocycles. The molecule has 0 fully saturated rings. The molecular weight excluding hydrogens is 316 g/mol. The summed E-state index contributed by atoms with van der Waals surface area (Å²) in [6.07, 6.45) is 0. The Morgan fingerprint density at radius 1 is 1.04 bits per heavy atom. The van der Waals surface area contributed by atoms with E-state index in [1.54, 1.807) is 18.4 Å². The summed E-state index contributed by atoms with van der Waals surface area (Å²) >= 11 is 1.78. The molecule has 4 rings (SSSR count). The van der Waals surface area contributed by atoms with Gasteiger partial charge < -0.3 is 9.30 Å². The van der Waals surface area contributed by atoms with Crippen LogP contribution in [0.5, 0.6) is 5.75 Å². The molecular formula is C20H18N2OS. The van der Waals surface area contributed by atoms with Crippen molar-refractivity contribution in [3.8, 4) is 16.5 Å². The van der Waals surface area contributed by atoms with Crippen molar-refractivity contribution < 1.29 is 4.74 Å². The summed E-state index contributed by atoms with van der Waals surface area (Å²) in [7, 11) is 1.70. The van der Waals surface area contributed by atoms with Crippen molar-refractivity contribution in [1.82, 2.24) is 9.55 Å². The lowest BCUT2D eigenvalue weighted by Gasteiger charge is -2.10. The summed E-state index contributed by atoms with van der Waals surface area (Å²) in [5.41, 5.74) is 3.38. The number of aromatic nitrogens is 2. The van der Waals surface area contributed by atoms with Gasteiger partial charge in [0.2, 0.25) is 0 Å². The predicted molar refractivity (Wildman–Crippen MR) is 99.9 cm³/mol. The van der Waals surface area contributed by atoms with E-state index in [2.05, 4.69) is 54.0 Å². The third-order valence-electron chi connectivity index (χ3n) is 4.09. The maximum Gasteiger partial charge on any atom is 0.151 e. The number of thiophene rings is 1. The minimum absolute atomic E-state index is 0.768. The van der Waals surface area contributed by atoms with Crippen LogP contribution in [0.2, 0.25) is 0 Å².